The van der Waals surface area contributed by atoms with E-state index in [2.05, 4.69) is 34.9 Å². The van der Waals surface area contributed by atoms with E-state index >= 15 is 0 Å². The Morgan fingerprint density at radius 1 is 0.958 bits per heavy atom. The van der Waals surface area contributed by atoms with Gasteiger partial charge < -0.3 is 15.4 Å². The first-order chi connectivity index (χ1) is 11.4. The molecule has 0 radical (unpaired) electrons. The van der Waals surface area contributed by atoms with Crippen molar-refractivity contribution < 1.29 is 14.8 Å². The number of hydrogen-bond acceptors (Lipinski definition) is 2. The van der Waals surface area contributed by atoms with Gasteiger partial charge in [-0.15, -0.1) is 0 Å². The van der Waals surface area contributed by atoms with Gasteiger partial charge in [0, 0.05) is 16.7 Å². The van der Waals surface area contributed by atoms with Crippen LogP contribution >= 0.6 is 0 Å². The van der Waals surface area contributed by atoms with Crippen LogP contribution < -0.4 is 15.4 Å². The molecule has 0 aliphatic carbocycles. The lowest BCUT2D eigenvalue weighted by molar-refractivity contribution is -0.686. The fraction of sp³-hybridized carbons (Fsp3) is 0.350. The number of carbonyl (C=O) groups is 1. The molecule has 24 heavy (non-hydrogen) atoms. The molecule has 0 fully saturated rings. The van der Waals surface area contributed by atoms with Crippen molar-refractivity contribution in [3.8, 4) is 5.75 Å². The number of rotatable bonds is 7. The number of carbonyl (C=O) groups excluding carboxylic acids is 1. The number of nitrogens with one attached hydrogen (secondary N) is 1. The highest BCUT2D eigenvalue weighted by molar-refractivity contribution is 5.78. The van der Waals surface area contributed by atoms with Gasteiger partial charge in [-0.05, 0) is 45.0 Å². The first-order valence-electron chi connectivity index (χ1n) is 8.31. The molecule has 0 aliphatic heterocycles. The molecule has 1 amide bonds. The number of ether oxygens (including phenoxy) is 1. The molecule has 0 aromatic heterocycles. The molecule has 0 saturated heterocycles. The standard InChI is InChI=1S/C20H26N2O2/c1-20(2,3)22-19(23)15-24-18-11-9-17(10-12-18)14-21-13-16-7-5-4-6-8-16/h4-12,21H,13-15H2,1-3H3,(H,22,23)/p+1. The first kappa shape index (κ1) is 18.0. The summed E-state index contributed by atoms with van der Waals surface area (Å²) in [6.07, 6.45) is 0. The van der Waals surface area contributed by atoms with Crippen LogP contribution in [0.1, 0.15) is 31.9 Å². The minimum absolute atomic E-state index is 0.0384. The van der Waals surface area contributed by atoms with Crippen LogP contribution in [0.15, 0.2) is 54.6 Å². The highest BCUT2D eigenvalue weighted by Crippen LogP contribution is 2.11. The van der Waals surface area contributed by atoms with Crippen molar-refractivity contribution in [3.05, 3.63) is 65.7 Å². The summed E-state index contributed by atoms with van der Waals surface area (Å²) >= 11 is 0. The molecule has 0 saturated carbocycles. The SMILES string of the molecule is CC(C)(C)NC(=O)COc1ccc(C[NH2+]Cc2ccccc2)cc1. The average Bonchev–Trinajstić information content (AvgIpc) is 2.53. The Hall–Kier alpha value is -2.33. The zero-order chi connectivity index (χ0) is 17.4. The third-order valence-corrected chi connectivity index (χ3v) is 3.41. The summed E-state index contributed by atoms with van der Waals surface area (Å²) in [5.41, 5.74) is 2.32. The van der Waals surface area contributed by atoms with Crippen LogP contribution in [0.25, 0.3) is 0 Å². The van der Waals surface area contributed by atoms with E-state index < -0.39 is 0 Å². The smallest absolute Gasteiger partial charge is 0.258 e. The summed E-state index contributed by atoms with van der Waals surface area (Å²) in [6.45, 7) is 7.77. The van der Waals surface area contributed by atoms with E-state index in [-0.39, 0.29) is 18.1 Å². The average molecular weight is 327 g/mol. The molecule has 4 nitrogen and oxygen atoms in total. The quantitative estimate of drug-likeness (QED) is 0.819. The van der Waals surface area contributed by atoms with Gasteiger partial charge in [0.25, 0.3) is 5.91 Å². The zero-order valence-electron chi connectivity index (χ0n) is 14.7. The summed E-state index contributed by atoms with van der Waals surface area (Å²) in [4.78, 5) is 11.7. The fourth-order valence-electron chi connectivity index (χ4n) is 2.34. The summed E-state index contributed by atoms with van der Waals surface area (Å²) < 4.78 is 5.52. The molecule has 0 bridgehead atoms. The molecule has 0 unspecified atom stereocenters. The van der Waals surface area contributed by atoms with Crippen molar-refractivity contribution in [2.45, 2.75) is 39.4 Å². The predicted molar refractivity (Wildman–Crippen MR) is 95.6 cm³/mol. The van der Waals surface area contributed by atoms with Crippen LogP contribution in [0.2, 0.25) is 0 Å². The minimum Gasteiger partial charge on any atom is -0.484 e. The molecule has 128 valence electrons. The van der Waals surface area contributed by atoms with Crippen molar-refractivity contribution >= 4 is 5.91 Å². The van der Waals surface area contributed by atoms with E-state index in [4.69, 9.17) is 4.74 Å². The summed E-state index contributed by atoms with van der Waals surface area (Å²) in [6, 6.07) is 18.3. The zero-order valence-corrected chi connectivity index (χ0v) is 14.7. The largest absolute Gasteiger partial charge is 0.484 e. The van der Waals surface area contributed by atoms with E-state index in [1.165, 1.54) is 11.1 Å². The lowest BCUT2D eigenvalue weighted by atomic mass is 10.1. The Bertz CT molecular complexity index is 631. The van der Waals surface area contributed by atoms with Gasteiger partial charge in [0.15, 0.2) is 6.61 Å². The molecule has 4 heteroatoms. The maximum absolute atomic E-state index is 11.7. The molecule has 2 aromatic rings. The van der Waals surface area contributed by atoms with Gasteiger partial charge >= 0.3 is 0 Å². The highest BCUT2D eigenvalue weighted by atomic mass is 16.5. The number of benzene rings is 2. The second-order valence-electron chi connectivity index (χ2n) is 6.91. The number of hydrogen-bond donors (Lipinski definition) is 2. The monoisotopic (exact) mass is 327 g/mol. The Kier molecular flexibility index (Phi) is 6.38. The van der Waals surface area contributed by atoms with Gasteiger partial charge in [-0.1, -0.05) is 30.3 Å². The molecular formula is C20H27N2O2+. The second kappa shape index (κ2) is 8.50. The van der Waals surface area contributed by atoms with Crippen molar-refractivity contribution in [1.82, 2.24) is 5.32 Å². The molecule has 2 aromatic carbocycles. The van der Waals surface area contributed by atoms with Crippen LogP contribution in [-0.4, -0.2) is 18.1 Å². The van der Waals surface area contributed by atoms with Crippen molar-refractivity contribution in [3.63, 3.8) is 0 Å². The molecule has 0 atom stereocenters. The van der Waals surface area contributed by atoms with Crippen LogP contribution in [0.3, 0.4) is 0 Å². The van der Waals surface area contributed by atoms with E-state index in [0.717, 1.165) is 13.1 Å². The van der Waals surface area contributed by atoms with Gasteiger partial charge in [0.2, 0.25) is 0 Å². The van der Waals surface area contributed by atoms with Gasteiger partial charge in [-0.2, -0.15) is 0 Å². The number of quaternary nitrogens is 1. The molecule has 3 N–H and O–H groups in total. The topological polar surface area (TPSA) is 54.9 Å². The van der Waals surface area contributed by atoms with Crippen molar-refractivity contribution in [2.75, 3.05) is 6.61 Å². The number of amides is 1. The summed E-state index contributed by atoms with van der Waals surface area (Å²) in [7, 11) is 0. The van der Waals surface area contributed by atoms with E-state index in [1.54, 1.807) is 0 Å². The van der Waals surface area contributed by atoms with E-state index in [9.17, 15) is 4.79 Å². The maximum Gasteiger partial charge on any atom is 0.258 e. The first-order valence-corrected chi connectivity index (χ1v) is 8.31. The van der Waals surface area contributed by atoms with Crippen molar-refractivity contribution in [2.24, 2.45) is 0 Å². The molecular weight excluding hydrogens is 300 g/mol. The summed E-state index contributed by atoms with van der Waals surface area (Å²) in [5.74, 6) is 0.605. The lowest BCUT2D eigenvalue weighted by Gasteiger charge is -2.20. The van der Waals surface area contributed by atoms with Crippen LogP contribution in [0, 0.1) is 0 Å². The highest BCUT2D eigenvalue weighted by Gasteiger charge is 2.13. The Morgan fingerprint density at radius 2 is 1.54 bits per heavy atom. The van der Waals surface area contributed by atoms with E-state index in [1.807, 2.05) is 51.1 Å². The van der Waals surface area contributed by atoms with Gasteiger partial charge in [-0.25, -0.2) is 0 Å². The van der Waals surface area contributed by atoms with Crippen LogP contribution in [-0.2, 0) is 17.9 Å². The molecule has 2 rings (SSSR count). The van der Waals surface area contributed by atoms with E-state index in [0.29, 0.717) is 5.75 Å². The second-order valence-corrected chi connectivity index (χ2v) is 6.91. The van der Waals surface area contributed by atoms with Gasteiger partial charge in [-0.3, -0.25) is 4.79 Å². The number of nitrogens with two attached hydrogens (primary N) is 1. The Balaban J connectivity index is 1.73. The summed E-state index contributed by atoms with van der Waals surface area (Å²) in [5, 5.41) is 5.14. The van der Waals surface area contributed by atoms with Crippen LogP contribution in [0.5, 0.6) is 5.75 Å². The van der Waals surface area contributed by atoms with Crippen LogP contribution in [0.4, 0.5) is 0 Å². The normalized spacial score (nSPS) is 11.1. The molecule has 0 spiro atoms. The third-order valence-electron chi connectivity index (χ3n) is 3.41. The maximum atomic E-state index is 11.7. The molecule has 0 aliphatic rings. The van der Waals surface area contributed by atoms with Gasteiger partial charge in [0.05, 0.1) is 0 Å². The lowest BCUT2D eigenvalue weighted by Crippen LogP contribution is -2.80. The predicted octanol–water partition coefficient (Wildman–Crippen LogP) is 2.24. The Labute approximate surface area is 144 Å². The fourth-order valence-corrected chi connectivity index (χ4v) is 2.34. The molecule has 0 heterocycles. The Morgan fingerprint density at radius 3 is 2.12 bits per heavy atom. The third kappa shape index (κ3) is 6.84. The minimum atomic E-state index is -0.237. The van der Waals surface area contributed by atoms with Crippen molar-refractivity contribution in [1.29, 1.82) is 0 Å². The van der Waals surface area contributed by atoms with Gasteiger partial charge in [0.1, 0.15) is 18.8 Å².